The molecule has 0 aliphatic carbocycles. The molecule has 2 rings (SSSR count). The summed E-state index contributed by atoms with van der Waals surface area (Å²) in [5.74, 6) is 0.468. The molecule has 4 nitrogen and oxygen atoms in total. The zero-order valence-corrected chi connectivity index (χ0v) is 11.7. The molecule has 100 valence electrons. The second-order valence-electron chi connectivity index (χ2n) is 5.14. The number of carbonyl (C=O) groups excluding carboxylic acids is 1. The maximum atomic E-state index is 12.5. The number of carbonyl (C=O) groups is 1. The van der Waals surface area contributed by atoms with Gasteiger partial charge >= 0.3 is 0 Å². The number of likely N-dealkylation sites (tertiary alicyclic amines) is 1. The fraction of sp³-hybridized carbons (Fsp3) is 0.615. The van der Waals surface area contributed by atoms with E-state index in [1.807, 2.05) is 11.9 Å². The van der Waals surface area contributed by atoms with Crippen LogP contribution in [0.4, 0.5) is 0 Å². The van der Waals surface area contributed by atoms with Crippen molar-refractivity contribution in [2.75, 3.05) is 13.1 Å². The van der Waals surface area contributed by atoms with E-state index in [1.165, 1.54) is 0 Å². The van der Waals surface area contributed by atoms with Gasteiger partial charge in [-0.3, -0.25) is 4.79 Å². The first-order valence-corrected chi connectivity index (χ1v) is 6.73. The van der Waals surface area contributed by atoms with E-state index in [-0.39, 0.29) is 11.9 Å². The lowest BCUT2D eigenvalue weighted by atomic mass is 9.93. The molecule has 1 aromatic rings. The minimum Gasteiger partial charge on any atom is -0.345 e. The molecule has 0 spiro atoms. The molecular weight excluding hydrogens is 250 g/mol. The number of halogens is 1. The molecule has 0 aromatic carbocycles. The van der Waals surface area contributed by atoms with Crippen molar-refractivity contribution in [1.82, 2.24) is 9.47 Å². The van der Waals surface area contributed by atoms with Gasteiger partial charge in [0.05, 0.1) is 5.02 Å². The number of aryl methyl sites for hydroxylation is 1. The first-order chi connectivity index (χ1) is 8.52. The van der Waals surface area contributed by atoms with Crippen molar-refractivity contribution in [2.24, 2.45) is 18.7 Å². The summed E-state index contributed by atoms with van der Waals surface area (Å²) in [5, 5.41) is 0.598. The van der Waals surface area contributed by atoms with E-state index >= 15 is 0 Å². The van der Waals surface area contributed by atoms with Gasteiger partial charge in [0, 0.05) is 25.8 Å². The van der Waals surface area contributed by atoms with Crippen LogP contribution in [0.15, 0.2) is 12.3 Å². The number of rotatable bonds is 2. The van der Waals surface area contributed by atoms with Gasteiger partial charge in [-0.2, -0.15) is 0 Å². The van der Waals surface area contributed by atoms with Crippen LogP contribution in [-0.2, 0) is 7.05 Å². The maximum Gasteiger partial charge on any atom is 0.270 e. The standard InChI is InChI=1S/C13H20ClN3O/c1-9-3-4-10(6-15)7-17(9)13(18)12-5-11(14)8-16(12)2/h5,8-10H,3-4,6-7,15H2,1-2H3. The van der Waals surface area contributed by atoms with Crippen LogP contribution in [0, 0.1) is 5.92 Å². The average molecular weight is 270 g/mol. The van der Waals surface area contributed by atoms with Crippen molar-refractivity contribution in [1.29, 1.82) is 0 Å². The summed E-state index contributed by atoms with van der Waals surface area (Å²) in [5.41, 5.74) is 6.36. The van der Waals surface area contributed by atoms with E-state index in [0.717, 1.165) is 19.4 Å². The van der Waals surface area contributed by atoms with Gasteiger partial charge in [0.25, 0.3) is 5.91 Å². The molecule has 1 aromatic heterocycles. The topological polar surface area (TPSA) is 51.3 Å². The molecule has 1 fully saturated rings. The number of hydrogen-bond donors (Lipinski definition) is 1. The van der Waals surface area contributed by atoms with Crippen LogP contribution in [0.3, 0.4) is 0 Å². The highest BCUT2D eigenvalue weighted by molar-refractivity contribution is 6.31. The van der Waals surface area contributed by atoms with Gasteiger partial charge in [-0.25, -0.2) is 0 Å². The minimum absolute atomic E-state index is 0.0510. The fourth-order valence-electron chi connectivity index (χ4n) is 2.54. The predicted molar refractivity (Wildman–Crippen MR) is 72.7 cm³/mol. The Balaban J connectivity index is 2.19. The lowest BCUT2D eigenvalue weighted by Crippen LogP contribution is -2.47. The Morgan fingerprint density at radius 1 is 1.56 bits per heavy atom. The van der Waals surface area contributed by atoms with Crippen molar-refractivity contribution in [2.45, 2.75) is 25.8 Å². The normalized spacial score (nSPS) is 24.3. The van der Waals surface area contributed by atoms with Crippen LogP contribution >= 0.6 is 11.6 Å². The van der Waals surface area contributed by atoms with E-state index in [0.29, 0.717) is 23.2 Å². The molecule has 0 bridgehead atoms. The van der Waals surface area contributed by atoms with Gasteiger partial charge in [-0.15, -0.1) is 0 Å². The summed E-state index contributed by atoms with van der Waals surface area (Å²) in [6.45, 7) is 3.48. The molecule has 1 aliphatic heterocycles. The smallest absolute Gasteiger partial charge is 0.270 e. The zero-order chi connectivity index (χ0) is 13.3. The average Bonchev–Trinajstić information content (AvgIpc) is 2.68. The Morgan fingerprint density at radius 3 is 2.83 bits per heavy atom. The van der Waals surface area contributed by atoms with E-state index < -0.39 is 0 Å². The summed E-state index contributed by atoms with van der Waals surface area (Å²) in [6.07, 6.45) is 3.88. The SMILES string of the molecule is CC1CCC(CN)CN1C(=O)c1cc(Cl)cn1C. The molecule has 1 aliphatic rings. The molecular formula is C13H20ClN3O. The Hall–Kier alpha value is -1.00. The van der Waals surface area contributed by atoms with Gasteiger partial charge < -0.3 is 15.2 Å². The molecule has 1 amide bonds. The molecule has 2 unspecified atom stereocenters. The fourth-order valence-corrected chi connectivity index (χ4v) is 2.79. The summed E-state index contributed by atoms with van der Waals surface area (Å²) in [7, 11) is 1.84. The Bertz CT molecular complexity index is 443. The Morgan fingerprint density at radius 2 is 2.28 bits per heavy atom. The number of nitrogens with zero attached hydrogens (tertiary/aromatic N) is 2. The number of piperidine rings is 1. The van der Waals surface area contributed by atoms with Crippen LogP contribution < -0.4 is 5.73 Å². The molecule has 1 saturated heterocycles. The third-order valence-corrected chi connectivity index (χ3v) is 3.97. The van der Waals surface area contributed by atoms with Crippen LogP contribution in [0.25, 0.3) is 0 Å². The third-order valence-electron chi connectivity index (χ3n) is 3.76. The summed E-state index contributed by atoms with van der Waals surface area (Å²) in [6, 6.07) is 2.00. The Kier molecular flexibility index (Phi) is 3.97. The number of hydrogen-bond acceptors (Lipinski definition) is 2. The van der Waals surface area contributed by atoms with E-state index in [1.54, 1.807) is 16.8 Å². The maximum absolute atomic E-state index is 12.5. The number of nitrogens with two attached hydrogens (primary N) is 1. The largest absolute Gasteiger partial charge is 0.345 e. The van der Waals surface area contributed by atoms with E-state index in [4.69, 9.17) is 17.3 Å². The second-order valence-corrected chi connectivity index (χ2v) is 5.58. The highest BCUT2D eigenvalue weighted by Gasteiger charge is 2.30. The first-order valence-electron chi connectivity index (χ1n) is 6.35. The van der Waals surface area contributed by atoms with Gasteiger partial charge in [-0.1, -0.05) is 11.6 Å². The molecule has 18 heavy (non-hydrogen) atoms. The summed E-state index contributed by atoms with van der Waals surface area (Å²) >= 11 is 5.93. The number of aromatic nitrogens is 1. The summed E-state index contributed by atoms with van der Waals surface area (Å²) < 4.78 is 1.78. The zero-order valence-electron chi connectivity index (χ0n) is 10.9. The Labute approximate surface area is 113 Å². The molecule has 0 radical (unpaired) electrons. The van der Waals surface area contributed by atoms with Crippen molar-refractivity contribution in [3.05, 3.63) is 23.0 Å². The highest BCUT2D eigenvalue weighted by atomic mass is 35.5. The molecule has 5 heteroatoms. The van der Waals surface area contributed by atoms with Crippen molar-refractivity contribution in [3.63, 3.8) is 0 Å². The summed E-state index contributed by atoms with van der Waals surface area (Å²) in [4.78, 5) is 14.4. The van der Waals surface area contributed by atoms with Crippen LogP contribution in [0.2, 0.25) is 5.02 Å². The van der Waals surface area contributed by atoms with Crippen molar-refractivity contribution >= 4 is 17.5 Å². The van der Waals surface area contributed by atoms with E-state index in [2.05, 4.69) is 6.92 Å². The molecule has 0 saturated carbocycles. The van der Waals surface area contributed by atoms with E-state index in [9.17, 15) is 4.79 Å². The highest BCUT2D eigenvalue weighted by Crippen LogP contribution is 2.24. The van der Waals surface area contributed by atoms with Crippen LogP contribution in [0.1, 0.15) is 30.3 Å². The van der Waals surface area contributed by atoms with Crippen molar-refractivity contribution in [3.8, 4) is 0 Å². The van der Waals surface area contributed by atoms with Gasteiger partial charge in [0.2, 0.25) is 0 Å². The van der Waals surface area contributed by atoms with Crippen molar-refractivity contribution < 1.29 is 4.79 Å². The van der Waals surface area contributed by atoms with Crippen LogP contribution in [-0.4, -0.2) is 34.5 Å². The monoisotopic (exact) mass is 269 g/mol. The molecule has 2 N–H and O–H groups in total. The van der Waals surface area contributed by atoms with Gasteiger partial charge in [0.1, 0.15) is 5.69 Å². The van der Waals surface area contributed by atoms with Gasteiger partial charge in [0.15, 0.2) is 0 Å². The lowest BCUT2D eigenvalue weighted by Gasteiger charge is -2.37. The van der Waals surface area contributed by atoms with Gasteiger partial charge in [-0.05, 0) is 38.3 Å². The van der Waals surface area contributed by atoms with Crippen LogP contribution in [0.5, 0.6) is 0 Å². The molecule has 2 atom stereocenters. The lowest BCUT2D eigenvalue weighted by molar-refractivity contribution is 0.0557. The second kappa shape index (κ2) is 5.33. The predicted octanol–water partition coefficient (Wildman–Crippen LogP) is 1.88. The quantitative estimate of drug-likeness (QED) is 0.891. The third kappa shape index (κ3) is 2.54. The number of amides is 1. The molecule has 2 heterocycles. The first kappa shape index (κ1) is 13.4. The minimum atomic E-state index is 0.0510.